The van der Waals surface area contributed by atoms with Crippen molar-refractivity contribution in [2.75, 3.05) is 0 Å². The molecular formula is C15H18O3. The Morgan fingerprint density at radius 1 is 1.22 bits per heavy atom. The van der Waals surface area contributed by atoms with Gasteiger partial charge in [-0.3, -0.25) is 0 Å². The lowest BCUT2D eigenvalue weighted by molar-refractivity contribution is -0.141. The highest BCUT2D eigenvalue weighted by Crippen LogP contribution is 2.51. The van der Waals surface area contributed by atoms with Crippen molar-refractivity contribution in [1.82, 2.24) is 0 Å². The lowest BCUT2D eigenvalue weighted by Crippen LogP contribution is -2.28. The minimum atomic E-state index is -0.565. The van der Waals surface area contributed by atoms with Crippen molar-refractivity contribution in [1.29, 1.82) is 0 Å². The Kier molecular flexibility index (Phi) is 2.49. The van der Waals surface area contributed by atoms with Gasteiger partial charge in [-0.25, -0.2) is 4.79 Å². The highest BCUT2D eigenvalue weighted by molar-refractivity contribution is 5.91. The molecule has 0 aromatic carbocycles. The van der Waals surface area contributed by atoms with E-state index in [1.165, 1.54) is 0 Å². The molecule has 1 N–H and O–H groups in total. The molecule has 0 bridgehead atoms. The summed E-state index contributed by atoms with van der Waals surface area (Å²) in [5, 5.41) is 10.2. The maximum absolute atomic E-state index is 11.7. The lowest BCUT2D eigenvalue weighted by atomic mass is 9.82. The Bertz CT molecular complexity index is 462. The fourth-order valence-corrected chi connectivity index (χ4v) is 3.72. The number of esters is 1. The Labute approximate surface area is 107 Å². The van der Waals surface area contributed by atoms with Crippen LogP contribution in [0, 0.1) is 17.8 Å². The average Bonchev–Trinajstić information content (AvgIpc) is 2.80. The van der Waals surface area contributed by atoms with Gasteiger partial charge in [0.1, 0.15) is 6.10 Å². The summed E-state index contributed by atoms with van der Waals surface area (Å²) in [5.41, 5.74) is 2.48. The lowest BCUT2D eigenvalue weighted by Gasteiger charge is -2.26. The number of fused-ring (bicyclic) bond motifs is 3. The van der Waals surface area contributed by atoms with E-state index in [4.69, 9.17) is 4.74 Å². The van der Waals surface area contributed by atoms with Crippen molar-refractivity contribution in [2.24, 2.45) is 17.8 Å². The van der Waals surface area contributed by atoms with Crippen molar-refractivity contribution in [2.45, 2.75) is 31.5 Å². The topological polar surface area (TPSA) is 46.5 Å². The van der Waals surface area contributed by atoms with Crippen molar-refractivity contribution in [3.63, 3.8) is 0 Å². The first-order valence-corrected chi connectivity index (χ1v) is 6.45. The summed E-state index contributed by atoms with van der Waals surface area (Å²) >= 11 is 0. The Morgan fingerprint density at radius 2 is 1.94 bits per heavy atom. The molecule has 1 heterocycles. The molecule has 0 aromatic rings. The van der Waals surface area contributed by atoms with Gasteiger partial charge in [0.15, 0.2) is 0 Å². The van der Waals surface area contributed by atoms with E-state index in [-0.39, 0.29) is 29.8 Å². The van der Waals surface area contributed by atoms with E-state index < -0.39 is 6.10 Å². The van der Waals surface area contributed by atoms with Gasteiger partial charge in [0.05, 0.1) is 6.10 Å². The van der Waals surface area contributed by atoms with Crippen molar-refractivity contribution < 1.29 is 14.6 Å². The molecule has 5 atom stereocenters. The summed E-state index contributed by atoms with van der Waals surface area (Å²) < 4.78 is 5.49. The molecule has 3 aliphatic rings. The largest absolute Gasteiger partial charge is 0.458 e. The first-order chi connectivity index (χ1) is 8.50. The standard InChI is InChI=1S/C15H18O3/c1-7-4-5-10-8(2)12(16)6-11-9(3)15(17)18-14(11)13(7)10/h10-14,16H,1-6H2. The minimum Gasteiger partial charge on any atom is -0.458 e. The molecule has 5 unspecified atom stereocenters. The molecule has 96 valence electrons. The van der Waals surface area contributed by atoms with Gasteiger partial charge in [0, 0.05) is 17.4 Å². The predicted octanol–water partition coefficient (Wildman–Crippen LogP) is 1.99. The molecule has 1 aliphatic heterocycles. The van der Waals surface area contributed by atoms with Crippen LogP contribution < -0.4 is 0 Å². The van der Waals surface area contributed by atoms with Crippen molar-refractivity contribution in [3.8, 4) is 0 Å². The molecular weight excluding hydrogens is 228 g/mol. The van der Waals surface area contributed by atoms with E-state index in [2.05, 4.69) is 19.7 Å². The summed E-state index contributed by atoms with van der Waals surface area (Å²) in [6, 6.07) is 0. The van der Waals surface area contributed by atoms with Gasteiger partial charge in [-0.1, -0.05) is 25.3 Å². The first kappa shape index (κ1) is 11.7. The summed E-state index contributed by atoms with van der Waals surface area (Å²) in [7, 11) is 0. The summed E-state index contributed by atoms with van der Waals surface area (Å²) in [6.07, 6.45) is 1.61. The predicted molar refractivity (Wildman–Crippen MR) is 67.6 cm³/mol. The van der Waals surface area contributed by atoms with Crippen LogP contribution in [0.2, 0.25) is 0 Å². The van der Waals surface area contributed by atoms with Crippen LogP contribution in [0.25, 0.3) is 0 Å². The third kappa shape index (κ3) is 1.43. The molecule has 0 spiro atoms. The van der Waals surface area contributed by atoms with Crippen LogP contribution in [0.1, 0.15) is 19.3 Å². The smallest absolute Gasteiger partial charge is 0.334 e. The highest BCUT2D eigenvalue weighted by Gasteiger charge is 2.52. The van der Waals surface area contributed by atoms with Gasteiger partial charge < -0.3 is 9.84 Å². The highest BCUT2D eigenvalue weighted by atomic mass is 16.6. The normalized spacial score (nSPS) is 43.5. The summed E-state index contributed by atoms with van der Waals surface area (Å²) in [5.74, 6) is -0.0960. The maximum atomic E-state index is 11.7. The number of rotatable bonds is 0. The number of ether oxygens (including phenoxy) is 1. The third-order valence-corrected chi connectivity index (χ3v) is 4.77. The first-order valence-electron chi connectivity index (χ1n) is 6.45. The van der Waals surface area contributed by atoms with Gasteiger partial charge in [0.2, 0.25) is 0 Å². The van der Waals surface area contributed by atoms with Gasteiger partial charge in [0.25, 0.3) is 0 Å². The average molecular weight is 246 g/mol. The zero-order valence-corrected chi connectivity index (χ0v) is 10.4. The second-order valence-electron chi connectivity index (χ2n) is 5.66. The minimum absolute atomic E-state index is 0.0888. The molecule has 3 heteroatoms. The second kappa shape index (κ2) is 3.82. The van der Waals surface area contributed by atoms with Gasteiger partial charge >= 0.3 is 5.97 Å². The zero-order valence-electron chi connectivity index (χ0n) is 10.4. The van der Waals surface area contributed by atoms with Crippen LogP contribution >= 0.6 is 0 Å². The molecule has 2 saturated carbocycles. The molecule has 0 amide bonds. The van der Waals surface area contributed by atoms with Crippen LogP contribution in [0.4, 0.5) is 0 Å². The van der Waals surface area contributed by atoms with Crippen molar-refractivity contribution in [3.05, 3.63) is 36.5 Å². The molecule has 18 heavy (non-hydrogen) atoms. The van der Waals surface area contributed by atoms with Crippen LogP contribution in [-0.2, 0) is 9.53 Å². The Hall–Kier alpha value is -1.35. The van der Waals surface area contributed by atoms with E-state index in [1.807, 2.05) is 0 Å². The zero-order chi connectivity index (χ0) is 13.0. The number of aliphatic hydroxyl groups is 1. The molecule has 1 saturated heterocycles. The van der Waals surface area contributed by atoms with E-state index >= 15 is 0 Å². The van der Waals surface area contributed by atoms with E-state index in [1.54, 1.807) is 0 Å². The molecule has 0 radical (unpaired) electrons. The number of carbonyl (C=O) groups excluding carboxylic acids is 1. The number of hydrogen-bond donors (Lipinski definition) is 1. The van der Waals surface area contributed by atoms with Crippen molar-refractivity contribution >= 4 is 5.97 Å². The van der Waals surface area contributed by atoms with Crippen LogP contribution in [0.5, 0.6) is 0 Å². The molecule has 3 nitrogen and oxygen atoms in total. The number of carbonyl (C=O) groups is 1. The Morgan fingerprint density at radius 3 is 2.67 bits per heavy atom. The van der Waals surface area contributed by atoms with E-state index in [9.17, 15) is 9.90 Å². The second-order valence-corrected chi connectivity index (χ2v) is 5.66. The van der Waals surface area contributed by atoms with Crippen LogP contribution in [0.15, 0.2) is 36.5 Å². The number of aliphatic hydroxyl groups excluding tert-OH is 1. The fraction of sp³-hybridized carbons (Fsp3) is 0.533. The summed E-state index contributed by atoms with van der Waals surface area (Å²) in [6.45, 7) is 12.0. The van der Waals surface area contributed by atoms with Crippen LogP contribution in [0.3, 0.4) is 0 Å². The SMILES string of the molecule is C=C1C(=O)OC2C1CC(O)C(=C)C1CCC(=C)C12. The van der Waals surface area contributed by atoms with E-state index in [0.29, 0.717) is 12.0 Å². The fourth-order valence-electron chi connectivity index (χ4n) is 3.72. The van der Waals surface area contributed by atoms with Crippen LogP contribution in [-0.4, -0.2) is 23.3 Å². The monoisotopic (exact) mass is 246 g/mol. The Balaban J connectivity index is 2.04. The summed E-state index contributed by atoms with van der Waals surface area (Å²) in [4.78, 5) is 11.7. The third-order valence-electron chi connectivity index (χ3n) is 4.77. The van der Waals surface area contributed by atoms with Gasteiger partial charge in [-0.15, -0.1) is 0 Å². The van der Waals surface area contributed by atoms with Gasteiger partial charge in [-0.05, 0) is 30.8 Å². The molecule has 2 aliphatic carbocycles. The molecule has 0 aromatic heterocycles. The maximum Gasteiger partial charge on any atom is 0.334 e. The molecule has 3 fully saturated rings. The van der Waals surface area contributed by atoms with E-state index in [0.717, 1.165) is 24.0 Å². The number of hydrogen-bond acceptors (Lipinski definition) is 3. The molecule has 3 rings (SSSR count). The quantitative estimate of drug-likeness (QED) is 0.404. The van der Waals surface area contributed by atoms with Gasteiger partial charge in [-0.2, -0.15) is 0 Å².